The van der Waals surface area contributed by atoms with Crippen LogP contribution in [-0.2, 0) is 4.79 Å². The smallest absolute Gasteiger partial charge is 0.260 e. The molecule has 0 unspecified atom stereocenters. The zero-order valence-electron chi connectivity index (χ0n) is 15.7. The highest BCUT2D eigenvalue weighted by Crippen LogP contribution is 2.21. The highest BCUT2D eigenvalue weighted by atomic mass is 16.5. The number of carbonyl (C=O) groups excluding carboxylic acids is 1. The van der Waals surface area contributed by atoms with E-state index in [2.05, 4.69) is 18.3 Å². The monoisotopic (exact) mass is 341 g/mol. The molecule has 2 aromatic carbocycles. The number of amides is 1. The Morgan fingerprint density at radius 1 is 1.04 bits per heavy atom. The van der Waals surface area contributed by atoms with E-state index >= 15 is 0 Å². The molecule has 0 aromatic heterocycles. The summed E-state index contributed by atoms with van der Waals surface area (Å²) in [5.74, 6) is 1.45. The van der Waals surface area contributed by atoms with Gasteiger partial charge in [-0.25, -0.2) is 0 Å². The summed E-state index contributed by atoms with van der Waals surface area (Å²) < 4.78 is 11.5. The molecule has 1 amide bonds. The molecule has 0 radical (unpaired) electrons. The maximum absolute atomic E-state index is 12.2. The summed E-state index contributed by atoms with van der Waals surface area (Å²) in [6.07, 6.45) is -0.554. The van der Waals surface area contributed by atoms with Crippen LogP contribution in [0.25, 0.3) is 0 Å². The maximum atomic E-state index is 12.2. The molecule has 25 heavy (non-hydrogen) atoms. The predicted molar refractivity (Wildman–Crippen MR) is 100 cm³/mol. The minimum absolute atomic E-state index is 0.148. The van der Waals surface area contributed by atoms with Gasteiger partial charge in [-0.05, 0) is 69.0 Å². The van der Waals surface area contributed by atoms with Gasteiger partial charge < -0.3 is 14.8 Å². The van der Waals surface area contributed by atoms with Gasteiger partial charge in [-0.3, -0.25) is 4.79 Å². The lowest BCUT2D eigenvalue weighted by Gasteiger charge is -2.17. The lowest BCUT2D eigenvalue weighted by atomic mass is 10.1. The summed E-state index contributed by atoms with van der Waals surface area (Å²) in [6, 6.07) is 11.9. The van der Waals surface area contributed by atoms with Gasteiger partial charge in [0.15, 0.2) is 6.10 Å². The molecular formula is C21H27NO3. The fraction of sp³-hybridized carbons (Fsp3) is 0.381. The van der Waals surface area contributed by atoms with E-state index in [1.54, 1.807) is 6.92 Å². The average molecular weight is 341 g/mol. The third-order valence-corrected chi connectivity index (χ3v) is 4.23. The molecule has 1 atom stereocenters. The number of rotatable bonds is 7. The summed E-state index contributed by atoms with van der Waals surface area (Å²) in [7, 11) is 0. The summed E-state index contributed by atoms with van der Waals surface area (Å²) >= 11 is 0. The van der Waals surface area contributed by atoms with Crippen molar-refractivity contribution >= 4 is 5.91 Å². The molecule has 1 N–H and O–H groups in total. The van der Waals surface area contributed by atoms with E-state index in [-0.39, 0.29) is 5.91 Å². The van der Waals surface area contributed by atoms with E-state index in [0.717, 1.165) is 28.2 Å². The number of ether oxygens (including phenoxy) is 2. The van der Waals surface area contributed by atoms with Crippen molar-refractivity contribution in [2.75, 3.05) is 13.2 Å². The van der Waals surface area contributed by atoms with Crippen molar-refractivity contribution < 1.29 is 14.3 Å². The maximum Gasteiger partial charge on any atom is 0.260 e. The van der Waals surface area contributed by atoms with E-state index in [0.29, 0.717) is 13.2 Å². The first kappa shape index (κ1) is 18.8. The summed E-state index contributed by atoms with van der Waals surface area (Å²) in [5, 5.41) is 2.85. The van der Waals surface area contributed by atoms with Crippen molar-refractivity contribution in [2.45, 2.75) is 40.7 Å². The van der Waals surface area contributed by atoms with Crippen molar-refractivity contribution in [3.63, 3.8) is 0 Å². The molecule has 134 valence electrons. The Morgan fingerprint density at radius 2 is 1.80 bits per heavy atom. The third-order valence-electron chi connectivity index (χ3n) is 4.23. The van der Waals surface area contributed by atoms with Crippen LogP contribution in [0.15, 0.2) is 36.4 Å². The first-order chi connectivity index (χ1) is 11.9. The first-order valence-corrected chi connectivity index (χ1v) is 8.59. The fourth-order valence-electron chi connectivity index (χ4n) is 2.44. The number of hydrogen-bond donors (Lipinski definition) is 1. The largest absolute Gasteiger partial charge is 0.491 e. The minimum Gasteiger partial charge on any atom is -0.491 e. The van der Waals surface area contributed by atoms with E-state index in [1.807, 2.05) is 51.1 Å². The van der Waals surface area contributed by atoms with Crippen molar-refractivity contribution in [3.05, 3.63) is 58.7 Å². The lowest BCUT2D eigenvalue weighted by molar-refractivity contribution is -0.127. The van der Waals surface area contributed by atoms with Crippen molar-refractivity contribution in [1.82, 2.24) is 5.32 Å². The van der Waals surface area contributed by atoms with Gasteiger partial charge in [-0.15, -0.1) is 0 Å². The van der Waals surface area contributed by atoms with Gasteiger partial charge in [-0.1, -0.05) is 24.3 Å². The molecule has 0 saturated heterocycles. The molecule has 2 rings (SSSR count). The van der Waals surface area contributed by atoms with Gasteiger partial charge >= 0.3 is 0 Å². The normalized spacial score (nSPS) is 11.7. The molecule has 0 aliphatic rings. The molecule has 0 bridgehead atoms. The van der Waals surface area contributed by atoms with Crippen LogP contribution in [0.2, 0.25) is 0 Å². The minimum atomic E-state index is -0.554. The van der Waals surface area contributed by atoms with Crippen LogP contribution in [0.3, 0.4) is 0 Å². The second-order valence-electron chi connectivity index (χ2n) is 6.37. The molecule has 0 heterocycles. The lowest BCUT2D eigenvalue weighted by Crippen LogP contribution is -2.38. The van der Waals surface area contributed by atoms with Gasteiger partial charge in [0, 0.05) is 0 Å². The van der Waals surface area contributed by atoms with E-state index in [9.17, 15) is 4.79 Å². The van der Waals surface area contributed by atoms with Crippen LogP contribution in [-0.4, -0.2) is 25.2 Å². The van der Waals surface area contributed by atoms with Crippen LogP contribution in [0.1, 0.15) is 29.2 Å². The summed E-state index contributed by atoms with van der Waals surface area (Å²) in [4.78, 5) is 12.2. The van der Waals surface area contributed by atoms with Crippen LogP contribution in [0, 0.1) is 27.7 Å². The molecule has 0 aliphatic heterocycles. The Kier molecular flexibility index (Phi) is 6.45. The Labute approximate surface area is 150 Å². The number of nitrogens with one attached hydrogen (secondary N) is 1. The van der Waals surface area contributed by atoms with Gasteiger partial charge in [0.05, 0.1) is 6.54 Å². The van der Waals surface area contributed by atoms with Crippen LogP contribution < -0.4 is 14.8 Å². The molecule has 0 aliphatic carbocycles. The average Bonchev–Trinajstić information content (AvgIpc) is 2.58. The van der Waals surface area contributed by atoms with Crippen molar-refractivity contribution in [2.24, 2.45) is 0 Å². The Balaban J connectivity index is 1.79. The summed E-state index contributed by atoms with van der Waals surface area (Å²) in [5.41, 5.74) is 4.44. The number of benzene rings is 2. The van der Waals surface area contributed by atoms with Gasteiger partial charge in [0.1, 0.15) is 18.1 Å². The molecule has 4 heteroatoms. The standard InChI is InChI=1S/C21H27NO3/c1-14-9-10-16(3)20(13-14)25-18(5)21(23)22-11-12-24-19-8-6-7-15(2)17(19)4/h6-10,13,18H,11-12H2,1-5H3,(H,22,23)/t18-/m0/s1. The molecule has 4 nitrogen and oxygen atoms in total. The van der Waals surface area contributed by atoms with Crippen LogP contribution in [0.5, 0.6) is 11.5 Å². The van der Waals surface area contributed by atoms with E-state index in [1.165, 1.54) is 5.56 Å². The second kappa shape index (κ2) is 8.56. The molecule has 0 spiro atoms. The SMILES string of the molecule is Cc1ccc(C)c(O[C@@H](C)C(=O)NCCOc2cccc(C)c2C)c1. The highest BCUT2D eigenvalue weighted by Gasteiger charge is 2.15. The number of hydrogen-bond acceptors (Lipinski definition) is 3. The van der Waals surface area contributed by atoms with Crippen molar-refractivity contribution in [1.29, 1.82) is 0 Å². The van der Waals surface area contributed by atoms with Crippen LogP contribution in [0.4, 0.5) is 0 Å². The molecule has 2 aromatic rings. The predicted octanol–water partition coefficient (Wildman–Crippen LogP) is 3.88. The first-order valence-electron chi connectivity index (χ1n) is 8.59. The molecule has 0 saturated carbocycles. The summed E-state index contributed by atoms with van der Waals surface area (Å²) in [6.45, 7) is 10.7. The molecule has 0 fully saturated rings. The topological polar surface area (TPSA) is 47.6 Å². The zero-order chi connectivity index (χ0) is 18.4. The Hall–Kier alpha value is -2.49. The zero-order valence-corrected chi connectivity index (χ0v) is 15.7. The highest BCUT2D eigenvalue weighted by molar-refractivity contribution is 5.80. The quantitative estimate of drug-likeness (QED) is 0.778. The van der Waals surface area contributed by atoms with Crippen molar-refractivity contribution in [3.8, 4) is 11.5 Å². The van der Waals surface area contributed by atoms with Gasteiger partial charge in [-0.2, -0.15) is 0 Å². The van der Waals surface area contributed by atoms with Crippen LogP contribution >= 0.6 is 0 Å². The van der Waals surface area contributed by atoms with E-state index in [4.69, 9.17) is 9.47 Å². The van der Waals surface area contributed by atoms with E-state index < -0.39 is 6.10 Å². The van der Waals surface area contributed by atoms with Gasteiger partial charge in [0.25, 0.3) is 5.91 Å². The van der Waals surface area contributed by atoms with Gasteiger partial charge in [0.2, 0.25) is 0 Å². The number of carbonyl (C=O) groups is 1. The third kappa shape index (κ3) is 5.24. The number of aryl methyl sites for hydroxylation is 3. The second-order valence-corrected chi connectivity index (χ2v) is 6.37. The fourth-order valence-corrected chi connectivity index (χ4v) is 2.44. The Morgan fingerprint density at radius 3 is 2.56 bits per heavy atom. The molecular weight excluding hydrogens is 314 g/mol. The Bertz CT molecular complexity index is 740.